The Labute approximate surface area is 102 Å². The zero-order valence-electron chi connectivity index (χ0n) is 9.68. The highest BCUT2D eigenvalue weighted by Gasteiger charge is 2.14. The van der Waals surface area contributed by atoms with E-state index in [2.05, 4.69) is 6.92 Å². The molecule has 1 aromatic rings. The summed E-state index contributed by atoms with van der Waals surface area (Å²) in [5, 5.41) is 0.433. The van der Waals surface area contributed by atoms with Crippen molar-refractivity contribution >= 4 is 11.6 Å². The summed E-state index contributed by atoms with van der Waals surface area (Å²) in [6.45, 7) is 2.16. The Kier molecular flexibility index (Phi) is 5.78. The van der Waals surface area contributed by atoms with E-state index < -0.39 is 0 Å². The average molecular weight is 244 g/mol. The van der Waals surface area contributed by atoms with Crippen LogP contribution in [-0.4, -0.2) is 0 Å². The molecule has 0 radical (unpaired) electrons. The Morgan fingerprint density at radius 1 is 1.31 bits per heavy atom. The van der Waals surface area contributed by atoms with Crippen LogP contribution in [0.3, 0.4) is 0 Å². The van der Waals surface area contributed by atoms with Crippen LogP contribution in [0.4, 0.5) is 4.39 Å². The molecule has 0 fully saturated rings. The molecule has 1 rings (SSSR count). The lowest BCUT2D eigenvalue weighted by molar-refractivity contribution is 0.532. The third-order valence-corrected chi connectivity index (χ3v) is 3.07. The molecule has 0 saturated heterocycles. The predicted octanol–water partition coefficient (Wildman–Crippen LogP) is 4.45. The summed E-state index contributed by atoms with van der Waals surface area (Å²) in [4.78, 5) is 0. The number of benzene rings is 1. The lowest BCUT2D eigenvalue weighted by Crippen LogP contribution is -2.12. The Bertz CT molecular complexity index is 307. The number of hydrogen-bond acceptors (Lipinski definition) is 1. The van der Waals surface area contributed by atoms with Crippen LogP contribution in [0.5, 0.6) is 0 Å². The molecule has 0 aliphatic rings. The summed E-state index contributed by atoms with van der Waals surface area (Å²) < 4.78 is 13.5. The van der Waals surface area contributed by atoms with Gasteiger partial charge in [0.15, 0.2) is 0 Å². The molecule has 0 saturated carbocycles. The second kappa shape index (κ2) is 6.87. The zero-order chi connectivity index (χ0) is 12.0. The van der Waals surface area contributed by atoms with E-state index in [0.29, 0.717) is 10.6 Å². The maximum absolute atomic E-state index is 13.5. The van der Waals surface area contributed by atoms with Gasteiger partial charge in [0.1, 0.15) is 5.82 Å². The highest BCUT2D eigenvalue weighted by atomic mass is 35.5. The molecule has 0 heterocycles. The topological polar surface area (TPSA) is 26.0 Å². The highest BCUT2D eigenvalue weighted by molar-refractivity contribution is 6.31. The predicted molar refractivity (Wildman–Crippen MR) is 67.1 cm³/mol. The van der Waals surface area contributed by atoms with Gasteiger partial charge in [0.25, 0.3) is 0 Å². The fraction of sp³-hybridized carbons (Fsp3) is 0.538. The van der Waals surface area contributed by atoms with E-state index in [1.807, 2.05) is 0 Å². The minimum atomic E-state index is -0.296. The van der Waals surface area contributed by atoms with Gasteiger partial charge in [0, 0.05) is 16.6 Å². The third kappa shape index (κ3) is 3.76. The smallest absolute Gasteiger partial charge is 0.129 e. The van der Waals surface area contributed by atoms with Crippen molar-refractivity contribution in [3.8, 4) is 0 Å². The van der Waals surface area contributed by atoms with Crippen LogP contribution in [0.25, 0.3) is 0 Å². The van der Waals surface area contributed by atoms with Crippen molar-refractivity contribution in [2.45, 2.75) is 45.1 Å². The summed E-state index contributed by atoms with van der Waals surface area (Å²) in [6, 6.07) is 4.41. The Morgan fingerprint density at radius 3 is 2.69 bits per heavy atom. The minimum absolute atomic E-state index is 0.287. The third-order valence-electron chi connectivity index (χ3n) is 2.74. The molecule has 2 N–H and O–H groups in total. The summed E-state index contributed by atoms with van der Waals surface area (Å²) in [6.07, 6.45) is 5.37. The number of unbranched alkanes of at least 4 members (excludes halogenated alkanes) is 3. The summed E-state index contributed by atoms with van der Waals surface area (Å²) >= 11 is 5.94. The molecule has 0 amide bonds. The first-order valence-corrected chi connectivity index (χ1v) is 6.24. The maximum Gasteiger partial charge on any atom is 0.129 e. The highest BCUT2D eigenvalue weighted by Crippen LogP contribution is 2.27. The molecule has 16 heavy (non-hydrogen) atoms. The van der Waals surface area contributed by atoms with Crippen molar-refractivity contribution < 1.29 is 4.39 Å². The van der Waals surface area contributed by atoms with Crippen LogP contribution < -0.4 is 5.73 Å². The van der Waals surface area contributed by atoms with Gasteiger partial charge in [-0.15, -0.1) is 0 Å². The SMILES string of the molecule is CCCCCCC(N)c1c(F)cccc1Cl. The van der Waals surface area contributed by atoms with E-state index in [-0.39, 0.29) is 11.9 Å². The Morgan fingerprint density at radius 2 is 2.06 bits per heavy atom. The normalized spacial score (nSPS) is 12.8. The summed E-state index contributed by atoms with van der Waals surface area (Å²) in [5.41, 5.74) is 6.41. The lowest BCUT2D eigenvalue weighted by atomic mass is 10.0. The van der Waals surface area contributed by atoms with Crippen LogP contribution in [0.1, 0.15) is 50.6 Å². The van der Waals surface area contributed by atoms with Crippen molar-refractivity contribution in [3.05, 3.63) is 34.6 Å². The van der Waals surface area contributed by atoms with Gasteiger partial charge in [-0.1, -0.05) is 50.3 Å². The van der Waals surface area contributed by atoms with Crippen molar-refractivity contribution in [3.63, 3.8) is 0 Å². The van der Waals surface area contributed by atoms with E-state index in [9.17, 15) is 4.39 Å². The van der Waals surface area contributed by atoms with E-state index in [4.69, 9.17) is 17.3 Å². The van der Waals surface area contributed by atoms with Crippen LogP contribution in [0, 0.1) is 5.82 Å². The van der Waals surface area contributed by atoms with Gasteiger partial charge in [0.05, 0.1) is 0 Å². The van der Waals surface area contributed by atoms with Gasteiger partial charge in [-0.05, 0) is 18.6 Å². The van der Waals surface area contributed by atoms with Crippen molar-refractivity contribution in [2.24, 2.45) is 5.73 Å². The molecular weight excluding hydrogens is 225 g/mol. The van der Waals surface area contributed by atoms with Crippen molar-refractivity contribution in [2.75, 3.05) is 0 Å². The van der Waals surface area contributed by atoms with Gasteiger partial charge in [-0.25, -0.2) is 4.39 Å². The molecule has 1 atom stereocenters. The molecule has 0 aromatic heterocycles. The Balaban J connectivity index is 2.55. The first-order valence-electron chi connectivity index (χ1n) is 5.86. The monoisotopic (exact) mass is 243 g/mol. The molecule has 3 heteroatoms. The van der Waals surface area contributed by atoms with E-state index in [1.165, 1.54) is 18.9 Å². The number of hydrogen-bond donors (Lipinski definition) is 1. The molecule has 90 valence electrons. The molecule has 0 aliphatic heterocycles. The molecule has 0 bridgehead atoms. The quantitative estimate of drug-likeness (QED) is 0.734. The van der Waals surface area contributed by atoms with Gasteiger partial charge < -0.3 is 5.73 Å². The number of rotatable bonds is 6. The summed E-state index contributed by atoms with van der Waals surface area (Å²) in [7, 11) is 0. The fourth-order valence-electron chi connectivity index (χ4n) is 1.80. The van der Waals surface area contributed by atoms with Crippen molar-refractivity contribution in [1.82, 2.24) is 0 Å². The van der Waals surface area contributed by atoms with E-state index >= 15 is 0 Å². The van der Waals surface area contributed by atoms with Gasteiger partial charge in [-0.3, -0.25) is 0 Å². The maximum atomic E-state index is 13.5. The molecule has 1 unspecified atom stereocenters. The molecule has 1 nitrogen and oxygen atoms in total. The van der Waals surface area contributed by atoms with E-state index in [1.54, 1.807) is 12.1 Å². The standard InChI is InChI=1S/C13H19ClFN/c1-2-3-4-5-9-12(16)13-10(14)7-6-8-11(13)15/h6-8,12H,2-5,9,16H2,1H3. The number of halogens is 2. The van der Waals surface area contributed by atoms with Crippen LogP contribution in [0.15, 0.2) is 18.2 Å². The zero-order valence-corrected chi connectivity index (χ0v) is 10.4. The summed E-state index contributed by atoms with van der Waals surface area (Å²) in [5.74, 6) is -0.296. The van der Waals surface area contributed by atoms with Gasteiger partial charge >= 0.3 is 0 Å². The van der Waals surface area contributed by atoms with Crippen molar-refractivity contribution in [1.29, 1.82) is 0 Å². The fourth-order valence-corrected chi connectivity index (χ4v) is 2.10. The number of nitrogens with two attached hydrogens (primary N) is 1. The second-order valence-electron chi connectivity index (χ2n) is 4.09. The first-order chi connectivity index (χ1) is 7.66. The van der Waals surface area contributed by atoms with Gasteiger partial charge in [0.2, 0.25) is 0 Å². The molecule has 0 aliphatic carbocycles. The van der Waals surface area contributed by atoms with Crippen LogP contribution >= 0.6 is 11.6 Å². The van der Waals surface area contributed by atoms with E-state index in [0.717, 1.165) is 19.3 Å². The lowest BCUT2D eigenvalue weighted by Gasteiger charge is -2.14. The molecule has 1 aromatic carbocycles. The minimum Gasteiger partial charge on any atom is -0.324 e. The van der Waals surface area contributed by atoms with Crippen LogP contribution in [0.2, 0.25) is 5.02 Å². The van der Waals surface area contributed by atoms with Gasteiger partial charge in [-0.2, -0.15) is 0 Å². The molecular formula is C13H19ClFN. The molecule has 0 spiro atoms. The van der Waals surface area contributed by atoms with Crippen LogP contribution in [-0.2, 0) is 0 Å². The first kappa shape index (κ1) is 13.5. The average Bonchev–Trinajstić information content (AvgIpc) is 2.24. The largest absolute Gasteiger partial charge is 0.324 e. The Hall–Kier alpha value is -0.600. The second-order valence-corrected chi connectivity index (χ2v) is 4.50.